The lowest BCUT2D eigenvalue weighted by atomic mass is 9.96. The highest BCUT2D eigenvalue weighted by Crippen LogP contribution is 2.18. The average molecular weight is 511 g/mol. The van der Waals surface area contributed by atoms with Crippen molar-refractivity contribution < 1.29 is 4.74 Å². The van der Waals surface area contributed by atoms with Crippen molar-refractivity contribution in [2.75, 3.05) is 40.4 Å². The van der Waals surface area contributed by atoms with Crippen LogP contribution in [0, 0.1) is 5.92 Å². The molecular weight excluding hydrogens is 477 g/mol. The third kappa shape index (κ3) is 7.62. The molecule has 1 aromatic heterocycles. The highest BCUT2D eigenvalue weighted by Gasteiger charge is 2.15. The number of aromatic nitrogens is 2. The summed E-state index contributed by atoms with van der Waals surface area (Å²) >= 11 is 0. The minimum atomic E-state index is 0. The number of benzene rings is 1. The van der Waals surface area contributed by atoms with Crippen LogP contribution in [0.3, 0.4) is 0 Å². The molecule has 0 saturated carbocycles. The first-order chi connectivity index (χ1) is 13.8. The fraction of sp³-hybridized carbons (Fsp3) is 0.545. The number of guanidine groups is 1. The number of ether oxygens (including phenoxy) is 1. The molecule has 1 fully saturated rings. The van der Waals surface area contributed by atoms with Crippen molar-refractivity contribution in [2.45, 2.75) is 32.2 Å². The van der Waals surface area contributed by atoms with E-state index in [4.69, 9.17) is 4.74 Å². The SMILES string of the molecule is CN=C(NCCc1nccn1Cc1ccccc1)N(C)CCC1CCOCC1.I. The summed E-state index contributed by atoms with van der Waals surface area (Å²) in [4.78, 5) is 11.2. The Balaban J connectivity index is 0.00000300. The Bertz CT molecular complexity index is 728. The maximum absolute atomic E-state index is 5.45. The molecule has 3 rings (SSSR count). The summed E-state index contributed by atoms with van der Waals surface area (Å²) in [5.41, 5.74) is 1.29. The molecule has 1 N–H and O–H groups in total. The number of rotatable bonds is 8. The van der Waals surface area contributed by atoms with E-state index in [0.29, 0.717) is 0 Å². The number of nitrogens with zero attached hydrogens (tertiary/aromatic N) is 4. The van der Waals surface area contributed by atoms with Crippen LogP contribution in [0.2, 0.25) is 0 Å². The normalized spacial score (nSPS) is 15.0. The third-order valence-corrected chi connectivity index (χ3v) is 5.42. The number of aliphatic imine (C=N–C) groups is 1. The van der Waals surface area contributed by atoms with E-state index in [-0.39, 0.29) is 24.0 Å². The fourth-order valence-corrected chi connectivity index (χ4v) is 3.68. The van der Waals surface area contributed by atoms with Gasteiger partial charge in [0.2, 0.25) is 0 Å². The first-order valence-electron chi connectivity index (χ1n) is 10.3. The molecule has 0 bridgehead atoms. The van der Waals surface area contributed by atoms with Crippen LogP contribution in [-0.2, 0) is 17.7 Å². The maximum atomic E-state index is 5.45. The van der Waals surface area contributed by atoms with E-state index >= 15 is 0 Å². The molecule has 2 heterocycles. The molecule has 1 aromatic carbocycles. The molecule has 0 spiro atoms. The van der Waals surface area contributed by atoms with E-state index in [0.717, 1.165) is 57.0 Å². The van der Waals surface area contributed by atoms with Gasteiger partial charge in [0.25, 0.3) is 0 Å². The summed E-state index contributed by atoms with van der Waals surface area (Å²) in [6.45, 7) is 4.52. The molecule has 1 aliphatic heterocycles. The summed E-state index contributed by atoms with van der Waals surface area (Å²) in [5, 5.41) is 3.48. The van der Waals surface area contributed by atoms with Gasteiger partial charge in [0.1, 0.15) is 5.82 Å². The molecule has 29 heavy (non-hydrogen) atoms. The predicted molar refractivity (Wildman–Crippen MR) is 129 cm³/mol. The van der Waals surface area contributed by atoms with E-state index < -0.39 is 0 Å². The summed E-state index contributed by atoms with van der Waals surface area (Å²) in [6, 6.07) is 10.5. The first kappa shape index (κ1) is 23.7. The Morgan fingerprint density at radius 3 is 2.76 bits per heavy atom. The van der Waals surface area contributed by atoms with Gasteiger partial charge in [0.05, 0.1) is 0 Å². The van der Waals surface area contributed by atoms with Gasteiger partial charge in [-0.05, 0) is 30.7 Å². The standard InChI is InChI=1S/C22H33N5O.HI/c1-23-22(26(2)14-9-19-10-16-28-17-11-19)25-12-8-21-24-13-15-27(21)18-20-6-4-3-5-7-20;/h3-7,13,15,19H,8-12,14,16-18H2,1-2H3,(H,23,25);1H. The third-order valence-electron chi connectivity index (χ3n) is 5.42. The lowest BCUT2D eigenvalue weighted by molar-refractivity contribution is 0.0625. The van der Waals surface area contributed by atoms with Gasteiger partial charge in [-0.15, -0.1) is 24.0 Å². The lowest BCUT2D eigenvalue weighted by Gasteiger charge is -2.26. The Hall–Kier alpha value is -1.61. The predicted octanol–water partition coefficient (Wildman–Crippen LogP) is 3.42. The van der Waals surface area contributed by atoms with Crippen LogP contribution in [0.4, 0.5) is 0 Å². The Kier molecular flexibility index (Phi) is 10.5. The van der Waals surface area contributed by atoms with Crippen LogP contribution in [-0.4, -0.2) is 60.8 Å². The molecule has 2 aromatic rings. The smallest absolute Gasteiger partial charge is 0.193 e. The van der Waals surface area contributed by atoms with Crippen LogP contribution < -0.4 is 5.32 Å². The van der Waals surface area contributed by atoms with Crippen molar-refractivity contribution in [3.8, 4) is 0 Å². The zero-order chi connectivity index (χ0) is 19.6. The Morgan fingerprint density at radius 2 is 2.03 bits per heavy atom. The van der Waals surface area contributed by atoms with Crippen LogP contribution >= 0.6 is 24.0 Å². The quantitative estimate of drug-likeness (QED) is 0.336. The lowest BCUT2D eigenvalue weighted by Crippen LogP contribution is -2.41. The molecular formula is C22H34IN5O. The molecule has 1 saturated heterocycles. The van der Waals surface area contributed by atoms with Crippen molar-refractivity contribution in [1.29, 1.82) is 0 Å². The highest BCUT2D eigenvalue weighted by atomic mass is 127. The number of hydrogen-bond acceptors (Lipinski definition) is 3. The average Bonchev–Trinajstić information content (AvgIpc) is 3.18. The van der Waals surface area contributed by atoms with Gasteiger partial charge in [-0.25, -0.2) is 4.98 Å². The molecule has 160 valence electrons. The second-order valence-electron chi connectivity index (χ2n) is 7.45. The van der Waals surface area contributed by atoms with Gasteiger partial charge < -0.3 is 19.5 Å². The molecule has 7 heteroatoms. The second kappa shape index (κ2) is 12.8. The molecule has 6 nitrogen and oxygen atoms in total. The number of imidazole rings is 1. The van der Waals surface area contributed by atoms with Crippen LogP contribution in [0.1, 0.15) is 30.7 Å². The van der Waals surface area contributed by atoms with Gasteiger partial charge in [-0.1, -0.05) is 30.3 Å². The maximum Gasteiger partial charge on any atom is 0.193 e. The van der Waals surface area contributed by atoms with E-state index in [2.05, 4.69) is 62.3 Å². The van der Waals surface area contributed by atoms with Crippen molar-refractivity contribution in [3.63, 3.8) is 0 Å². The zero-order valence-electron chi connectivity index (χ0n) is 17.6. The van der Waals surface area contributed by atoms with E-state index in [1.54, 1.807) is 0 Å². The molecule has 0 unspecified atom stereocenters. The summed E-state index contributed by atoms with van der Waals surface area (Å²) in [5.74, 6) is 2.82. The van der Waals surface area contributed by atoms with Gasteiger partial charge in [0, 0.05) is 65.8 Å². The largest absolute Gasteiger partial charge is 0.381 e. The van der Waals surface area contributed by atoms with Crippen LogP contribution in [0.5, 0.6) is 0 Å². The molecule has 0 radical (unpaired) electrons. The van der Waals surface area contributed by atoms with E-state index in [1.807, 2.05) is 19.3 Å². The highest BCUT2D eigenvalue weighted by molar-refractivity contribution is 14.0. The number of nitrogens with one attached hydrogen (secondary N) is 1. The monoisotopic (exact) mass is 511 g/mol. The van der Waals surface area contributed by atoms with Crippen molar-refractivity contribution in [1.82, 2.24) is 19.8 Å². The topological polar surface area (TPSA) is 54.7 Å². The van der Waals surface area contributed by atoms with E-state index in [9.17, 15) is 0 Å². The van der Waals surface area contributed by atoms with Crippen LogP contribution in [0.15, 0.2) is 47.7 Å². The molecule has 1 aliphatic rings. The number of halogens is 1. The summed E-state index contributed by atoms with van der Waals surface area (Å²) < 4.78 is 7.67. The van der Waals surface area contributed by atoms with Gasteiger partial charge in [-0.3, -0.25) is 4.99 Å². The zero-order valence-corrected chi connectivity index (χ0v) is 19.9. The van der Waals surface area contributed by atoms with Gasteiger partial charge >= 0.3 is 0 Å². The van der Waals surface area contributed by atoms with Crippen molar-refractivity contribution in [3.05, 3.63) is 54.1 Å². The fourth-order valence-electron chi connectivity index (χ4n) is 3.68. The Labute approximate surface area is 191 Å². The van der Waals surface area contributed by atoms with Crippen molar-refractivity contribution in [2.24, 2.45) is 10.9 Å². The van der Waals surface area contributed by atoms with Crippen LogP contribution in [0.25, 0.3) is 0 Å². The van der Waals surface area contributed by atoms with Gasteiger partial charge in [0.15, 0.2) is 5.96 Å². The number of hydrogen-bond donors (Lipinski definition) is 1. The molecule has 0 aliphatic carbocycles. The minimum Gasteiger partial charge on any atom is -0.381 e. The molecule has 0 amide bonds. The first-order valence-corrected chi connectivity index (χ1v) is 10.3. The molecule has 0 atom stereocenters. The minimum absolute atomic E-state index is 0. The second-order valence-corrected chi connectivity index (χ2v) is 7.45. The van der Waals surface area contributed by atoms with E-state index in [1.165, 1.54) is 24.8 Å². The summed E-state index contributed by atoms with van der Waals surface area (Å²) in [7, 11) is 3.97. The van der Waals surface area contributed by atoms with Crippen molar-refractivity contribution >= 4 is 29.9 Å². The van der Waals surface area contributed by atoms with Gasteiger partial charge in [-0.2, -0.15) is 0 Å². The summed E-state index contributed by atoms with van der Waals surface area (Å²) in [6.07, 6.45) is 8.37. The Morgan fingerprint density at radius 1 is 1.28 bits per heavy atom.